The van der Waals surface area contributed by atoms with E-state index < -0.39 is 0 Å². The van der Waals surface area contributed by atoms with Crippen LogP contribution in [-0.4, -0.2) is 53.8 Å². The van der Waals surface area contributed by atoms with E-state index in [0.29, 0.717) is 30.2 Å². The fourth-order valence-corrected chi connectivity index (χ4v) is 3.93. The first-order chi connectivity index (χ1) is 13.5. The predicted octanol–water partition coefficient (Wildman–Crippen LogP) is 4.28. The quantitative estimate of drug-likeness (QED) is 0.735. The molecule has 1 aliphatic heterocycles. The molecule has 1 fully saturated rings. The van der Waals surface area contributed by atoms with Gasteiger partial charge >= 0.3 is 0 Å². The number of amides is 2. The van der Waals surface area contributed by atoms with Crippen molar-refractivity contribution in [3.8, 4) is 0 Å². The summed E-state index contributed by atoms with van der Waals surface area (Å²) in [4.78, 5) is 29.4. The summed E-state index contributed by atoms with van der Waals surface area (Å²) < 4.78 is 0.918. The standard InChI is InChI=1S/C21H23BrClN3O2/c1-15(20(27)24-17-7-4-6-16(22)14-17)25-10-5-11-26(13-12-25)21(28)18-8-2-3-9-19(18)23/h2-4,6-9,14-15H,5,10-13H2,1H3,(H,24,27). The Hall–Kier alpha value is -1.89. The van der Waals surface area contributed by atoms with Crippen LogP contribution in [-0.2, 0) is 4.79 Å². The number of carbonyl (C=O) groups is 2. The Morgan fingerprint density at radius 1 is 1.07 bits per heavy atom. The number of rotatable bonds is 4. The fraction of sp³-hybridized carbons (Fsp3) is 0.333. The van der Waals surface area contributed by atoms with Crippen LogP contribution < -0.4 is 5.32 Å². The maximum absolute atomic E-state index is 12.8. The van der Waals surface area contributed by atoms with Gasteiger partial charge in [0.2, 0.25) is 5.91 Å². The smallest absolute Gasteiger partial charge is 0.255 e. The van der Waals surface area contributed by atoms with Crippen LogP contribution in [0, 0.1) is 0 Å². The summed E-state index contributed by atoms with van der Waals surface area (Å²) in [7, 11) is 0. The highest BCUT2D eigenvalue weighted by Gasteiger charge is 2.26. The Morgan fingerprint density at radius 3 is 2.61 bits per heavy atom. The van der Waals surface area contributed by atoms with Gasteiger partial charge in [-0.05, 0) is 43.7 Å². The zero-order chi connectivity index (χ0) is 20.1. The minimum atomic E-state index is -0.283. The van der Waals surface area contributed by atoms with Crippen LogP contribution in [0.25, 0.3) is 0 Å². The summed E-state index contributed by atoms with van der Waals surface area (Å²) in [6.45, 7) is 4.53. The van der Waals surface area contributed by atoms with Crippen LogP contribution >= 0.6 is 27.5 Å². The third-order valence-electron chi connectivity index (χ3n) is 4.94. The Kier molecular flexibility index (Phi) is 7.10. The summed E-state index contributed by atoms with van der Waals surface area (Å²) in [6.07, 6.45) is 0.810. The first kappa shape index (κ1) is 20.8. The van der Waals surface area contributed by atoms with Crippen LogP contribution in [0.2, 0.25) is 5.02 Å². The van der Waals surface area contributed by atoms with Gasteiger partial charge in [0.25, 0.3) is 5.91 Å². The van der Waals surface area contributed by atoms with E-state index in [4.69, 9.17) is 11.6 Å². The van der Waals surface area contributed by atoms with E-state index in [-0.39, 0.29) is 17.9 Å². The van der Waals surface area contributed by atoms with E-state index in [1.807, 2.05) is 48.2 Å². The highest BCUT2D eigenvalue weighted by molar-refractivity contribution is 9.10. The highest BCUT2D eigenvalue weighted by atomic mass is 79.9. The Bertz CT molecular complexity index is 861. The van der Waals surface area contributed by atoms with Gasteiger partial charge in [-0.15, -0.1) is 0 Å². The van der Waals surface area contributed by atoms with Crippen molar-refractivity contribution in [2.75, 3.05) is 31.5 Å². The zero-order valence-electron chi connectivity index (χ0n) is 15.7. The molecule has 1 saturated heterocycles. The third kappa shape index (κ3) is 5.13. The molecule has 0 aromatic heterocycles. The van der Waals surface area contributed by atoms with Gasteiger partial charge < -0.3 is 10.2 Å². The molecular weight excluding hydrogens is 442 g/mol. The second-order valence-corrected chi connectivity index (χ2v) is 8.16. The van der Waals surface area contributed by atoms with Crippen molar-refractivity contribution >= 4 is 45.0 Å². The van der Waals surface area contributed by atoms with Gasteiger partial charge in [-0.2, -0.15) is 0 Å². The molecule has 0 bridgehead atoms. The van der Waals surface area contributed by atoms with Gasteiger partial charge in [0.1, 0.15) is 0 Å². The number of hydrogen-bond donors (Lipinski definition) is 1. The van der Waals surface area contributed by atoms with Gasteiger partial charge in [0.05, 0.1) is 16.6 Å². The summed E-state index contributed by atoms with van der Waals surface area (Å²) in [6, 6.07) is 14.4. The molecule has 2 aromatic carbocycles. The third-order valence-corrected chi connectivity index (χ3v) is 5.76. The number of hydrogen-bond acceptors (Lipinski definition) is 3. The maximum atomic E-state index is 12.8. The van der Waals surface area contributed by atoms with Gasteiger partial charge in [-0.25, -0.2) is 0 Å². The fourth-order valence-electron chi connectivity index (χ4n) is 3.31. The molecule has 1 N–H and O–H groups in total. The van der Waals surface area contributed by atoms with Gasteiger partial charge in [0, 0.05) is 36.3 Å². The van der Waals surface area contributed by atoms with Crippen molar-refractivity contribution < 1.29 is 9.59 Å². The molecule has 1 aliphatic rings. The largest absolute Gasteiger partial charge is 0.337 e. The average molecular weight is 465 g/mol. The van der Waals surface area contributed by atoms with Crippen molar-refractivity contribution in [3.05, 3.63) is 63.6 Å². The van der Waals surface area contributed by atoms with E-state index in [1.165, 1.54) is 0 Å². The summed E-state index contributed by atoms with van der Waals surface area (Å²) in [5, 5.41) is 3.43. The lowest BCUT2D eigenvalue weighted by Crippen LogP contribution is -2.44. The molecule has 28 heavy (non-hydrogen) atoms. The number of nitrogens with zero attached hydrogens (tertiary/aromatic N) is 2. The number of halogens is 2. The molecule has 2 aromatic rings. The van der Waals surface area contributed by atoms with Gasteiger partial charge in [0.15, 0.2) is 0 Å². The predicted molar refractivity (Wildman–Crippen MR) is 116 cm³/mol. The van der Waals surface area contributed by atoms with E-state index >= 15 is 0 Å². The molecule has 1 atom stereocenters. The molecule has 0 aliphatic carbocycles. The number of anilines is 1. The average Bonchev–Trinajstić information content (AvgIpc) is 2.93. The molecule has 0 spiro atoms. The molecule has 5 nitrogen and oxygen atoms in total. The minimum Gasteiger partial charge on any atom is -0.337 e. The normalized spacial score (nSPS) is 16.3. The first-order valence-corrected chi connectivity index (χ1v) is 10.5. The van der Waals surface area contributed by atoms with Crippen molar-refractivity contribution in [2.45, 2.75) is 19.4 Å². The Balaban J connectivity index is 1.60. The molecule has 148 valence electrons. The lowest BCUT2D eigenvalue weighted by Gasteiger charge is -2.27. The SMILES string of the molecule is CC(C(=O)Nc1cccc(Br)c1)N1CCCN(C(=O)c2ccccc2Cl)CC1. The molecule has 3 rings (SSSR count). The molecule has 0 radical (unpaired) electrons. The summed E-state index contributed by atoms with van der Waals surface area (Å²) in [5.41, 5.74) is 1.29. The van der Waals surface area contributed by atoms with E-state index in [2.05, 4.69) is 26.1 Å². The first-order valence-electron chi connectivity index (χ1n) is 9.30. The highest BCUT2D eigenvalue weighted by Crippen LogP contribution is 2.19. The van der Waals surface area contributed by atoms with Crippen LogP contribution in [0.15, 0.2) is 53.0 Å². The lowest BCUT2D eigenvalue weighted by molar-refractivity contribution is -0.120. The van der Waals surface area contributed by atoms with Crippen molar-refractivity contribution in [2.24, 2.45) is 0 Å². The van der Waals surface area contributed by atoms with E-state index in [9.17, 15) is 9.59 Å². The van der Waals surface area contributed by atoms with Crippen molar-refractivity contribution in [1.82, 2.24) is 9.80 Å². The minimum absolute atomic E-state index is 0.0519. The topological polar surface area (TPSA) is 52.7 Å². The van der Waals surface area contributed by atoms with E-state index in [1.54, 1.807) is 12.1 Å². The zero-order valence-corrected chi connectivity index (χ0v) is 18.0. The van der Waals surface area contributed by atoms with Crippen LogP contribution in [0.4, 0.5) is 5.69 Å². The number of nitrogens with one attached hydrogen (secondary N) is 1. The van der Waals surface area contributed by atoms with Crippen LogP contribution in [0.3, 0.4) is 0 Å². The maximum Gasteiger partial charge on any atom is 0.255 e. The van der Waals surface area contributed by atoms with Crippen molar-refractivity contribution in [3.63, 3.8) is 0 Å². The molecule has 1 unspecified atom stereocenters. The molecule has 7 heteroatoms. The Labute approximate surface area is 178 Å². The van der Waals surface area contributed by atoms with Crippen LogP contribution in [0.5, 0.6) is 0 Å². The summed E-state index contributed by atoms with van der Waals surface area (Å²) >= 11 is 9.59. The number of carbonyl (C=O) groups excluding carboxylic acids is 2. The molecule has 1 heterocycles. The second kappa shape index (κ2) is 9.54. The number of benzene rings is 2. The monoisotopic (exact) mass is 463 g/mol. The molecule has 2 amide bonds. The van der Waals surface area contributed by atoms with Crippen molar-refractivity contribution in [1.29, 1.82) is 0 Å². The lowest BCUT2D eigenvalue weighted by atomic mass is 10.2. The van der Waals surface area contributed by atoms with E-state index in [0.717, 1.165) is 23.1 Å². The summed E-state index contributed by atoms with van der Waals surface area (Å²) in [5.74, 6) is -0.109. The second-order valence-electron chi connectivity index (χ2n) is 6.84. The molecule has 0 saturated carbocycles. The molecular formula is C21H23BrClN3O2. The van der Waals surface area contributed by atoms with Gasteiger partial charge in [-0.3, -0.25) is 14.5 Å². The van der Waals surface area contributed by atoms with Gasteiger partial charge in [-0.1, -0.05) is 45.7 Å². The Morgan fingerprint density at radius 2 is 1.86 bits per heavy atom. The van der Waals surface area contributed by atoms with Crippen LogP contribution in [0.1, 0.15) is 23.7 Å².